The highest BCUT2D eigenvalue weighted by molar-refractivity contribution is 5.95. The first-order valence-electron chi connectivity index (χ1n) is 6.87. The molecule has 1 unspecified atom stereocenters. The zero-order valence-corrected chi connectivity index (χ0v) is 12.5. The predicted molar refractivity (Wildman–Crippen MR) is 77.2 cm³/mol. The number of hydrogen-bond donors (Lipinski definition) is 2. The summed E-state index contributed by atoms with van der Waals surface area (Å²) >= 11 is 0. The van der Waals surface area contributed by atoms with Crippen molar-refractivity contribution in [3.8, 4) is 17.2 Å². The van der Waals surface area contributed by atoms with Crippen molar-refractivity contribution in [1.82, 2.24) is 5.32 Å². The van der Waals surface area contributed by atoms with Crippen molar-refractivity contribution in [2.75, 3.05) is 27.9 Å². The number of aliphatic hydroxyl groups is 1. The van der Waals surface area contributed by atoms with Gasteiger partial charge in [0.2, 0.25) is 5.75 Å². The van der Waals surface area contributed by atoms with Gasteiger partial charge in [0.15, 0.2) is 11.5 Å². The minimum atomic E-state index is -0.476. The van der Waals surface area contributed by atoms with Gasteiger partial charge in [0.25, 0.3) is 5.91 Å². The van der Waals surface area contributed by atoms with Crippen molar-refractivity contribution in [3.63, 3.8) is 0 Å². The molecule has 1 atom stereocenters. The number of ether oxygens (including phenoxy) is 3. The van der Waals surface area contributed by atoms with E-state index in [1.54, 1.807) is 12.1 Å². The second-order valence-corrected chi connectivity index (χ2v) is 5.03. The smallest absolute Gasteiger partial charge is 0.251 e. The van der Waals surface area contributed by atoms with Crippen molar-refractivity contribution < 1.29 is 24.1 Å². The first-order valence-corrected chi connectivity index (χ1v) is 6.87. The molecule has 0 spiro atoms. The normalized spacial score (nSPS) is 15.2. The Bertz CT molecular complexity index is 488. The van der Waals surface area contributed by atoms with Crippen LogP contribution in [0, 0.1) is 5.92 Å². The number of carbonyl (C=O) groups excluding carboxylic acids is 1. The Kier molecular flexibility index (Phi) is 4.90. The van der Waals surface area contributed by atoms with E-state index in [2.05, 4.69) is 5.32 Å². The van der Waals surface area contributed by atoms with E-state index in [1.807, 2.05) is 0 Å². The molecule has 0 saturated heterocycles. The van der Waals surface area contributed by atoms with Crippen LogP contribution in [0.25, 0.3) is 0 Å². The number of aliphatic hydroxyl groups excluding tert-OH is 1. The molecule has 1 amide bonds. The van der Waals surface area contributed by atoms with Gasteiger partial charge in [-0.15, -0.1) is 0 Å². The van der Waals surface area contributed by atoms with Gasteiger partial charge in [-0.25, -0.2) is 0 Å². The van der Waals surface area contributed by atoms with Gasteiger partial charge in [-0.05, 0) is 30.9 Å². The highest BCUT2D eigenvalue weighted by Crippen LogP contribution is 2.38. The van der Waals surface area contributed by atoms with Gasteiger partial charge in [-0.3, -0.25) is 4.79 Å². The van der Waals surface area contributed by atoms with Gasteiger partial charge in [0.05, 0.1) is 27.4 Å². The van der Waals surface area contributed by atoms with Crippen LogP contribution in [0.4, 0.5) is 0 Å². The first-order chi connectivity index (χ1) is 10.1. The van der Waals surface area contributed by atoms with Crippen LogP contribution in [0.3, 0.4) is 0 Å². The van der Waals surface area contributed by atoms with E-state index >= 15 is 0 Å². The molecule has 0 aromatic heterocycles. The minimum absolute atomic E-state index is 0.250. The Labute approximate surface area is 124 Å². The lowest BCUT2D eigenvalue weighted by Crippen LogP contribution is -2.33. The molecule has 1 aromatic carbocycles. The maximum Gasteiger partial charge on any atom is 0.251 e. The van der Waals surface area contributed by atoms with Crippen LogP contribution in [0.15, 0.2) is 12.1 Å². The molecule has 1 fully saturated rings. The molecule has 1 saturated carbocycles. The third-order valence-corrected chi connectivity index (χ3v) is 3.56. The molecule has 116 valence electrons. The van der Waals surface area contributed by atoms with Crippen LogP contribution in [0.2, 0.25) is 0 Å². The fourth-order valence-corrected chi connectivity index (χ4v) is 2.16. The average Bonchev–Trinajstić information content (AvgIpc) is 3.35. The number of methoxy groups -OCH3 is 3. The third kappa shape index (κ3) is 3.58. The summed E-state index contributed by atoms with van der Waals surface area (Å²) in [5.74, 6) is 1.32. The summed E-state index contributed by atoms with van der Waals surface area (Å²) in [6, 6.07) is 3.17. The highest BCUT2D eigenvalue weighted by Gasteiger charge is 2.29. The van der Waals surface area contributed by atoms with Gasteiger partial charge in [-0.1, -0.05) is 0 Å². The quantitative estimate of drug-likeness (QED) is 0.791. The molecular weight excluding hydrogens is 274 g/mol. The first kappa shape index (κ1) is 15.4. The molecule has 1 aliphatic carbocycles. The van der Waals surface area contributed by atoms with Gasteiger partial charge >= 0.3 is 0 Å². The second-order valence-electron chi connectivity index (χ2n) is 5.03. The van der Waals surface area contributed by atoms with E-state index in [9.17, 15) is 9.90 Å². The second kappa shape index (κ2) is 6.67. The Morgan fingerprint density at radius 3 is 2.24 bits per heavy atom. The van der Waals surface area contributed by atoms with Crippen molar-refractivity contribution in [2.45, 2.75) is 18.9 Å². The molecule has 6 nitrogen and oxygen atoms in total. The lowest BCUT2D eigenvalue weighted by Gasteiger charge is -2.15. The Hall–Kier alpha value is -1.95. The number of benzene rings is 1. The number of carbonyl (C=O) groups is 1. The van der Waals surface area contributed by atoms with Gasteiger partial charge < -0.3 is 24.6 Å². The van der Waals surface area contributed by atoms with E-state index in [0.29, 0.717) is 28.7 Å². The van der Waals surface area contributed by atoms with Crippen molar-refractivity contribution in [1.29, 1.82) is 0 Å². The summed E-state index contributed by atoms with van der Waals surface area (Å²) in [5.41, 5.74) is 0.396. The van der Waals surface area contributed by atoms with Gasteiger partial charge in [0.1, 0.15) is 0 Å². The predicted octanol–water partition coefficient (Wildman–Crippen LogP) is 1.21. The van der Waals surface area contributed by atoms with Crippen LogP contribution in [0.1, 0.15) is 23.2 Å². The summed E-state index contributed by atoms with van der Waals surface area (Å²) in [6.45, 7) is 0.250. The monoisotopic (exact) mass is 295 g/mol. The van der Waals surface area contributed by atoms with E-state index in [0.717, 1.165) is 12.8 Å². The van der Waals surface area contributed by atoms with Crippen LogP contribution < -0.4 is 19.5 Å². The van der Waals surface area contributed by atoms with E-state index < -0.39 is 6.10 Å². The fourth-order valence-electron chi connectivity index (χ4n) is 2.16. The Balaban J connectivity index is 2.12. The zero-order chi connectivity index (χ0) is 15.4. The number of rotatable bonds is 7. The Morgan fingerprint density at radius 2 is 1.81 bits per heavy atom. The minimum Gasteiger partial charge on any atom is -0.493 e. The highest BCUT2D eigenvalue weighted by atomic mass is 16.5. The molecule has 0 heterocycles. The van der Waals surface area contributed by atoms with Crippen molar-refractivity contribution in [3.05, 3.63) is 17.7 Å². The van der Waals surface area contributed by atoms with Crippen LogP contribution in [0.5, 0.6) is 17.2 Å². The summed E-state index contributed by atoms with van der Waals surface area (Å²) in [6.07, 6.45) is 1.58. The third-order valence-electron chi connectivity index (χ3n) is 3.56. The maximum atomic E-state index is 12.2. The molecule has 1 aliphatic rings. The zero-order valence-electron chi connectivity index (χ0n) is 12.5. The molecule has 2 N–H and O–H groups in total. The summed E-state index contributed by atoms with van der Waals surface area (Å²) < 4.78 is 15.6. The average molecular weight is 295 g/mol. The lowest BCUT2D eigenvalue weighted by molar-refractivity contribution is 0.0900. The topological polar surface area (TPSA) is 77.0 Å². The number of nitrogens with one attached hydrogen (secondary N) is 1. The summed E-state index contributed by atoms with van der Waals surface area (Å²) in [4.78, 5) is 12.2. The molecule has 21 heavy (non-hydrogen) atoms. The lowest BCUT2D eigenvalue weighted by atomic mass is 10.1. The summed E-state index contributed by atoms with van der Waals surface area (Å²) in [5, 5.41) is 12.5. The fraction of sp³-hybridized carbons (Fsp3) is 0.533. The van der Waals surface area contributed by atoms with Crippen LogP contribution in [-0.4, -0.2) is 45.0 Å². The molecule has 0 aliphatic heterocycles. The van der Waals surface area contributed by atoms with E-state index in [1.165, 1.54) is 21.3 Å². The van der Waals surface area contributed by atoms with Crippen molar-refractivity contribution in [2.24, 2.45) is 5.92 Å². The van der Waals surface area contributed by atoms with E-state index in [4.69, 9.17) is 14.2 Å². The van der Waals surface area contributed by atoms with E-state index in [-0.39, 0.29) is 12.5 Å². The standard InChI is InChI=1S/C15H21NO5/c1-19-12-6-10(7-13(20-2)14(12)21-3)15(18)16-8-11(17)9-4-5-9/h6-7,9,11,17H,4-5,8H2,1-3H3,(H,16,18). The molecule has 1 aromatic rings. The van der Waals surface area contributed by atoms with Crippen LogP contribution >= 0.6 is 0 Å². The molecule has 2 rings (SSSR count). The SMILES string of the molecule is COc1cc(C(=O)NCC(O)C2CC2)cc(OC)c1OC. The largest absolute Gasteiger partial charge is 0.493 e. The Morgan fingerprint density at radius 1 is 1.24 bits per heavy atom. The molecule has 0 bridgehead atoms. The number of amides is 1. The molecular formula is C15H21NO5. The van der Waals surface area contributed by atoms with Gasteiger partial charge in [-0.2, -0.15) is 0 Å². The van der Waals surface area contributed by atoms with Crippen LogP contribution in [-0.2, 0) is 0 Å². The number of hydrogen-bond acceptors (Lipinski definition) is 5. The van der Waals surface area contributed by atoms with Gasteiger partial charge in [0, 0.05) is 12.1 Å². The molecule has 0 radical (unpaired) electrons. The summed E-state index contributed by atoms with van der Waals surface area (Å²) in [7, 11) is 4.50. The molecule has 6 heteroatoms. The van der Waals surface area contributed by atoms with Crippen molar-refractivity contribution >= 4 is 5.91 Å². The maximum absolute atomic E-state index is 12.2.